The van der Waals surface area contributed by atoms with Crippen LogP contribution in [0.15, 0.2) is 6.07 Å². The van der Waals surface area contributed by atoms with E-state index in [0.29, 0.717) is 5.92 Å². The highest BCUT2D eigenvalue weighted by molar-refractivity contribution is 5.33. The summed E-state index contributed by atoms with van der Waals surface area (Å²) in [6.07, 6.45) is 2.43. The van der Waals surface area contributed by atoms with Gasteiger partial charge >= 0.3 is 0 Å². The summed E-state index contributed by atoms with van der Waals surface area (Å²) in [6, 6.07) is 4.18. The van der Waals surface area contributed by atoms with Gasteiger partial charge in [-0.25, -0.2) is 0 Å². The fourth-order valence-electron chi connectivity index (χ4n) is 2.43. The van der Waals surface area contributed by atoms with Crippen molar-refractivity contribution >= 4 is 0 Å². The first-order valence-electron chi connectivity index (χ1n) is 6.56. The minimum atomic E-state index is 0.637. The molecular formula is C14H21N3O. The van der Waals surface area contributed by atoms with Gasteiger partial charge in [0, 0.05) is 32.4 Å². The van der Waals surface area contributed by atoms with Crippen LogP contribution in [-0.2, 0) is 18.3 Å². The highest BCUT2D eigenvalue weighted by atomic mass is 16.5. The van der Waals surface area contributed by atoms with Gasteiger partial charge in [0.2, 0.25) is 0 Å². The van der Waals surface area contributed by atoms with Crippen molar-refractivity contribution in [1.82, 2.24) is 9.88 Å². The Bertz CT molecular complexity index is 439. The molecule has 4 nitrogen and oxygen atoms in total. The number of nitriles is 1. The zero-order chi connectivity index (χ0) is 13.0. The van der Waals surface area contributed by atoms with E-state index < -0.39 is 0 Å². The molecule has 1 aliphatic rings. The molecule has 0 bridgehead atoms. The second-order valence-corrected chi connectivity index (χ2v) is 5.03. The standard InChI is InChI=1S/C14H21N3O/c1-11-13(6-14(7-15)17(11)2)9-16-8-12-4-3-5-18-10-12/h6,12,16H,3-5,8-10H2,1-2H3/t12-/m0/s1. The predicted octanol–water partition coefficient (Wildman–Crippen LogP) is 1.72. The lowest BCUT2D eigenvalue weighted by molar-refractivity contribution is 0.0547. The van der Waals surface area contributed by atoms with Crippen LogP contribution in [0.2, 0.25) is 0 Å². The van der Waals surface area contributed by atoms with Crippen molar-refractivity contribution < 1.29 is 4.74 Å². The summed E-state index contributed by atoms with van der Waals surface area (Å²) >= 11 is 0. The molecule has 0 saturated carbocycles. The maximum Gasteiger partial charge on any atom is 0.120 e. The summed E-state index contributed by atoms with van der Waals surface area (Å²) in [5.74, 6) is 0.637. The van der Waals surface area contributed by atoms with Gasteiger partial charge in [0.25, 0.3) is 0 Å². The molecule has 1 N–H and O–H groups in total. The molecule has 0 radical (unpaired) electrons. The van der Waals surface area contributed by atoms with E-state index in [4.69, 9.17) is 10.00 Å². The van der Waals surface area contributed by atoms with Crippen LogP contribution in [0.4, 0.5) is 0 Å². The van der Waals surface area contributed by atoms with Gasteiger partial charge in [0.1, 0.15) is 11.8 Å². The van der Waals surface area contributed by atoms with Crippen LogP contribution >= 0.6 is 0 Å². The Morgan fingerprint density at radius 2 is 2.44 bits per heavy atom. The van der Waals surface area contributed by atoms with Gasteiger partial charge in [-0.05, 0) is 37.3 Å². The van der Waals surface area contributed by atoms with Crippen LogP contribution in [0.3, 0.4) is 0 Å². The molecular weight excluding hydrogens is 226 g/mol. The fraction of sp³-hybridized carbons (Fsp3) is 0.643. The molecule has 4 heteroatoms. The molecule has 2 rings (SSSR count). The third-order valence-electron chi connectivity index (χ3n) is 3.76. The highest BCUT2D eigenvalue weighted by Crippen LogP contribution is 2.15. The van der Waals surface area contributed by atoms with Gasteiger partial charge in [-0.3, -0.25) is 0 Å². The van der Waals surface area contributed by atoms with E-state index in [0.717, 1.165) is 32.0 Å². The lowest BCUT2D eigenvalue weighted by atomic mass is 10.0. The zero-order valence-electron chi connectivity index (χ0n) is 11.2. The molecule has 2 heterocycles. The molecule has 1 aromatic heterocycles. The predicted molar refractivity (Wildman–Crippen MR) is 70.1 cm³/mol. The number of ether oxygens (including phenoxy) is 1. The van der Waals surface area contributed by atoms with Crippen LogP contribution in [0.5, 0.6) is 0 Å². The third kappa shape index (κ3) is 2.92. The smallest absolute Gasteiger partial charge is 0.120 e. The van der Waals surface area contributed by atoms with Crippen molar-refractivity contribution in [3.05, 3.63) is 23.0 Å². The van der Waals surface area contributed by atoms with Crippen LogP contribution in [0, 0.1) is 24.2 Å². The maximum absolute atomic E-state index is 8.98. The average molecular weight is 247 g/mol. The van der Waals surface area contributed by atoms with Crippen LogP contribution in [0.1, 0.15) is 29.8 Å². The van der Waals surface area contributed by atoms with E-state index in [1.165, 1.54) is 24.1 Å². The van der Waals surface area contributed by atoms with Crippen LogP contribution in [0.25, 0.3) is 0 Å². The molecule has 1 atom stereocenters. The maximum atomic E-state index is 8.98. The second-order valence-electron chi connectivity index (χ2n) is 5.03. The zero-order valence-corrected chi connectivity index (χ0v) is 11.2. The highest BCUT2D eigenvalue weighted by Gasteiger charge is 2.14. The van der Waals surface area contributed by atoms with Gasteiger partial charge in [-0.1, -0.05) is 0 Å². The van der Waals surface area contributed by atoms with Gasteiger partial charge in [-0.15, -0.1) is 0 Å². The topological polar surface area (TPSA) is 50.0 Å². The van der Waals surface area contributed by atoms with Gasteiger partial charge in [-0.2, -0.15) is 5.26 Å². The minimum absolute atomic E-state index is 0.637. The Morgan fingerprint density at radius 1 is 1.61 bits per heavy atom. The largest absolute Gasteiger partial charge is 0.381 e. The first-order valence-corrected chi connectivity index (χ1v) is 6.56. The summed E-state index contributed by atoms with van der Waals surface area (Å²) in [5, 5.41) is 12.5. The van der Waals surface area contributed by atoms with Crippen molar-refractivity contribution in [2.75, 3.05) is 19.8 Å². The Hall–Kier alpha value is -1.31. The van der Waals surface area contributed by atoms with E-state index in [1.807, 2.05) is 17.7 Å². The fourth-order valence-corrected chi connectivity index (χ4v) is 2.43. The number of hydrogen-bond donors (Lipinski definition) is 1. The number of aromatic nitrogens is 1. The first kappa shape index (κ1) is 13.1. The van der Waals surface area contributed by atoms with Gasteiger partial charge in [0.05, 0.1) is 6.61 Å². The van der Waals surface area contributed by atoms with E-state index in [1.54, 1.807) is 0 Å². The van der Waals surface area contributed by atoms with E-state index >= 15 is 0 Å². The molecule has 0 unspecified atom stereocenters. The molecule has 0 aliphatic carbocycles. The summed E-state index contributed by atoms with van der Waals surface area (Å²) < 4.78 is 7.41. The summed E-state index contributed by atoms with van der Waals surface area (Å²) in [4.78, 5) is 0. The van der Waals surface area contributed by atoms with Crippen molar-refractivity contribution in [2.45, 2.75) is 26.3 Å². The van der Waals surface area contributed by atoms with Crippen LogP contribution < -0.4 is 5.32 Å². The van der Waals surface area contributed by atoms with Crippen molar-refractivity contribution in [3.8, 4) is 6.07 Å². The van der Waals surface area contributed by atoms with Crippen molar-refractivity contribution in [3.63, 3.8) is 0 Å². The van der Waals surface area contributed by atoms with Gasteiger partial charge < -0.3 is 14.6 Å². The SMILES string of the molecule is Cc1c(CNC[C@@H]2CCCOC2)cc(C#N)n1C. The van der Waals surface area contributed by atoms with E-state index in [9.17, 15) is 0 Å². The molecule has 1 saturated heterocycles. The molecule has 1 fully saturated rings. The summed E-state index contributed by atoms with van der Waals surface area (Å²) in [6.45, 7) is 5.68. The number of nitrogens with one attached hydrogen (secondary N) is 1. The monoisotopic (exact) mass is 247 g/mol. The number of hydrogen-bond acceptors (Lipinski definition) is 3. The Morgan fingerprint density at radius 3 is 3.06 bits per heavy atom. The lowest BCUT2D eigenvalue weighted by Crippen LogP contribution is -2.28. The van der Waals surface area contributed by atoms with Crippen LogP contribution in [-0.4, -0.2) is 24.3 Å². The van der Waals surface area contributed by atoms with Gasteiger partial charge in [0.15, 0.2) is 0 Å². The van der Waals surface area contributed by atoms with Crippen molar-refractivity contribution in [1.29, 1.82) is 5.26 Å². The normalized spacial score (nSPS) is 19.7. The molecule has 0 amide bonds. The second kappa shape index (κ2) is 6.03. The molecule has 0 spiro atoms. The molecule has 0 aromatic carbocycles. The molecule has 1 aromatic rings. The number of nitrogens with zero attached hydrogens (tertiary/aromatic N) is 2. The molecule has 18 heavy (non-hydrogen) atoms. The number of rotatable bonds is 4. The van der Waals surface area contributed by atoms with Crippen molar-refractivity contribution in [2.24, 2.45) is 13.0 Å². The lowest BCUT2D eigenvalue weighted by Gasteiger charge is -2.22. The van der Waals surface area contributed by atoms with E-state index in [2.05, 4.69) is 18.3 Å². The average Bonchev–Trinajstić information content (AvgIpc) is 2.68. The first-order chi connectivity index (χ1) is 8.72. The minimum Gasteiger partial charge on any atom is -0.381 e. The Kier molecular flexibility index (Phi) is 4.40. The molecule has 98 valence electrons. The quantitative estimate of drug-likeness (QED) is 0.881. The third-order valence-corrected chi connectivity index (χ3v) is 3.76. The summed E-state index contributed by atoms with van der Waals surface area (Å²) in [7, 11) is 1.94. The Balaban J connectivity index is 1.85. The molecule has 1 aliphatic heterocycles. The van der Waals surface area contributed by atoms with E-state index in [-0.39, 0.29) is 0 Å². The summed E-state index contributed by atoms with van der Waals surface area (Å²) in [5.41, 5.74) is 3.11. The Labute approximate surface area is 109 Å².